The molecule has 1 heterocycles. The molecule has 0 spiro atoms. The molecule has 2 N–H and O–H groups in total. The van der Waals surface area contributed by atoms with Crippen LogP contribution in [-0.2, 0) is 13.0 Å². The third kappa shape index (κ3) is 2.85. The molecule has 0 saturated heterocycles. The van der Waals surface area contributed by atoms with Crippen molar-refractivity contribution in [1.29, 1.82) is 0 Å². The molecular weight excluding hydrogens is 246 g/mol. The molecule has 0 fully saturated rings. The van der Waals surface area contributed by atoms with Crippen molar-refractivity contribution in [3.63, 3.8) is 0 Å². The number of fused-ring (bicyclic) bond motifs is 1. The van der Waals surface area contributed by atoms with Gasteiger partial charge in [-0.05, 0) is 44.5 Å². The Labute approximate surface area is 113 Å². The van der Waals surface area contributed by atoms with Crippen LogP contribution in [0.25, 0.3) is 11.0 Å². The number of nitrogens with two attached hydrogens (primary N) is 1. The van der Waals surface area contributed by atoms with Crippen LogP contribution in [0.3, 0.4) is 0 Å². The van der Waals surface area contributed by atoms with Crippen molar-refractivity contribution in [1.82, 2.24) is 9.55 Å². The van der Waals surface area contributed by atoms with Crippen molar-refractivity contribution in [2.45, 2.75) is 39.2 Å². The Morgan fingerprint density at radius 3 is 2.83 bits per heavy atom. The molecule has 2 aromatic rings. The topological polar surface area (TPSA) is 43.8 Å². The van der Waals surface area contributed by atoms with Gasteiger partial charge in [0.05, 0.1) is 11.0 Å². The SMILES string of the molecule is CCn1c(CCCCCN)nc2ccc(Cl)cc21. The molecule has 4 heteroatoms. The Kier molecular flexibility index (Phi) is 4.61. The Balaban J connectivity index is 2.21. The number of aromatic nitrogens is 2. The minimum absolute atomic E-state index is 0.770. The number of hydrogen-bond donors (Lipinski definition) is 1. The van der Waals surface area contributed by atoms with Gasteiger partial charge in [-0.1, -0.05) is 18.0 Å². The van der Waals surface area contributed by atoms with E-state index in [4.69, 9.17) is 22.3 Å². The van der Waals surface area contributed by atoms with Crippen molar-refractivity contribution in [2.24, 2.45) is 5.73 Å². The lowest BCUT2D eigenvalue weighted by Crippen LogP contribution is -2.03. The van der Waals surface area contributed by atoms with Crippen LogP contribution in [0, 0.1) is 0 Å². The first-order valence-electron chi connectivity index (χ1n) is 6.61. The summed E-state index contributed by atoms with van der Waals surface area (Å²) in [6.07, 6.45) is 4.43. The number of benzene rings is 1. The molecule has 98 valence electrons. The highest BCUT2D eigenvalue weighted by molar-refractivity contribution is 6.31. The van der Waals surface area contributed by atoms with Gasteiger partial charge in [0.1, 0.15) is 5.82 Å². The van der Waals surface area contributed by atoms with Crippen LogP contribution >= 0.6 is 11.6 Å². The van der Waals surface area contributed by atoms with Gasteiger partial charge in [-0.25, -0.2) is 4.98 Å². The number of imidazole rings is 1. The minimum Gasteiger partial charge on any atom is -0.330 e. The fourth-order valence-corrected chi connectivity index (χ4v) is 2.46. The summed E-state index contributed by atoms with van der Waals surface area (Å²) in [6, 6.07) is 5.89. The van der Waals surface area contributed by atoms with Crippen LogP contribution in [0.15, 0.2) is 18.2 Å². The molecule has 1 aromatic carbocycles. The third-order valence-corrected chi connectivity index (χ3v) is 3.45. The lowest BCUT2D eigenvalue weighted by atomic mass is 10.2. The molecule has 18 heavy (non-hydrogen) atoms. The van der Waals surface area contributed by atoms with Crippen molar-refractivity contribution < 1.29 is 0 Å². The van der Waals surface area contributed by atoms with E-state index in [2.05, 4.69) is 11.5 Å². The third-order valence-electron chi connectivity index (χ3n) is 3.21. The van der Waals surface area contributed by atoms with Crippen LogP contribution in [0.2, 0.25) is 5.02 Å². The van der Waals surface area contributed by atoms with Gasteiger partial charge in [0.15, 0.2) is 0 Å². The van der Waals surface area contributed by atoms with Gasteiger partial charge in [-0.3, -0.25) is 0 Å². The molecule has 0 amide bonds. The molecule has 0 bridgehead atoms. The molecule has 1 aromatic heterocycles. The van der Waals surface area contributed by atoms with Crippen LogP contribution in [0.5, 0.6) is 0 Å². The summed E-state index contributed by atoms with van der Waals surface area (Å²) in [5, 5.41) is 0.770. The summed E-state index contributed by atoms with van der Waals surface area (Å²) >= 11 is 6.05. The summed E-state index contributed by atoms with van der Waals surface area (Å²) in [6.45, 7) is 3.86. The second-order valence-corrected chi connectivity index (χ2v) is 4.94. The van der Waals surface area contributed by atoms with Crippen molar-refractivity contribution in [3.8, 4) is 0 Å². The van der Waals surface area contributed by atoms with Crippen molar-refractivity contribution in [3.05, 3.63) is 29.0 Å². The van der Waals surface area contributed by atoms with Crippen LogP contribution in [0.1, 0.15) is 32.0 Å². The summed E-state index contributed by atoms with van der Waals surface area (Å²) in [4.78, 5) is 4.70. The van der Waals surface area contributed by atoms with E-state index >= 15 is 0 Å². The Morgan fingerprint density at radius 2 is 2.11 bits per heavy atom. The number of hydrogen-bond acceptors (Lipinski definition) is 2. The highest BCUT2D eigenvalue weighted by Crippen LogP contribution is 2.21. The molecule has 0 atom stereocenters. The summed E-state index contributed by atoms with van der Waals surface area (Å²) < 4.78 is 2.25. The van der Waals surface area contributed by atoms with E-state index in [0.29, 0.717) is 0 Å². The zero-order valence-corrected chi connectivity index (χ0v) is 11.6. The summed E-state index contributed by atoms with van der Waals surface area (Å²) in [5.74, 6) is 1.16. The predicted molar refractivity (Wildman–Crippen MR) is 77.0 cm³/mol. The van der Waals surface area contributed by atoms with Gasteiger partial charge < -0.3 is 10.3 Å². The Bertz CT molecular complexity index is 519. The largest absolute Gasteiger partial charge is 0.330 e. The highest BCUT2D eigenvalue weighted by Gasteiger charge is 2.09. The molecule has 2 rings (SSSR count). The van der Waals surface area contributed by atoms with Gasteiger partial charge in [0, 0.05) is 18.0 Å². The molecule has 0 radical (unpaired) electrons. The number of halogens is 1. The maximum absolute atomic E-state index is 6.05. The Morgan fingerprint density at radius 1 is 1.28 bits per heavy atom. The lowest BCUT2D eigenvalue weighted by molar-refractivity contribution is 0.637. The van der Waals surface area contributed by atoms with Crippen molar-refractivity contribution >= 4 is 22.6 Å². The zero-order chi connectivity index (χ0) is 13.0. The van der Waals surface area contributed by atoms with Gasteiger partial charge in [0.25, 0.3) is 0 Å². The monoisotopic (exact) mass is 265 g/mol. The maximum atomic E-state index is 6.05. The number of unbranched alkanes of at least 4 members (excludes halogenated alkanes) is 2. The molecule has 0 unspecified atom stereocenters. The molecule has 0 saturated carbocycles. The standard InChI is InChI=1S/C14H20ClN3/c1-2-18-13-10-11(15)7-8-12(13)17-14(18)6-4-3-5-9-16/h7-8,10H,2-6,9,16H2,1H3. The molecule has 0 aliphatic carbocycles. The second kappa shape index (κ2) is 6.21. The normalized spacial score (nSPS) is 11.3. The first-order chi connectivity index (χ1) is 8.76. The maximum Gasteiger partial charge on any atom is 0.109 e. The molecular formula is C14H20ClN3. The summed E-state index contributed by atoms with van der Waals surface area (Å²) in [5.41, 5.74) is 7.68. The minimum atomic E-state index is 0.770. The average molecular weight is 266 g/mol. The smallest absolute Gasteiger partial charge is 0.109 e. The van der Waals surface area contributed by atoms with E-state index in [1.54, 1.807) is 0 Å². The number of aryl methyl sites for hydroxylation is 2. The van der Waals surface area contributed by atoms with E-state index in [1.807, 2.05) is 18.2 Å². The van der Waals surface area contributed by atoms with Gasteiger partial charge in [-0.2, -0.15) is 0 Å². The zero-order valence-electron chi connectivity index (χ0n) is 10.8. The Hall–Kier alpha value is -1.06. The van der Waals surface area contributed by atoms with Crippen molar-refractivity contribution in [2.75, 3.05) is 6.54 Å². The first-order valence-corrected chi connectivity index (χ1v) is 6.98. The molecule has 0 aliphatic heterocycles. The highest BCUT2D eigenvalue weighted by atomic mass is 35.5. The van der Waals surface area contributed by atoms with E-state index in [-0.39, 0.29) is 0 Å². The van der Waals surface area contributed by atoms with E-state index < -0.39 is 0 Å². The van der Waals surface area contributed by atoms with E-state index in [9.17, 15) is 0 Å². The fraction of sp³-hybridized carbons (Fsp3) is 0.500. The van der Waals surface area contributed by atoms with E-state index in [0.717, 1.165) is 54.2 Å². The number of nitrogens with zero attached hydrogens (tertiary/aromatic N) is 2. The van der Waals surface area contributed by atoms with E-state index in [1.165, 1.54) is 6.42 Å². The molecule has 0 aliphatic rings. The van der Waals surface area contributed by atoms with Gasteiger partial charge >= 0.3 is 0 Å². The van der Waals surface area contributed by atoms with Crippen LogP contribution in [0.4, 0.5) is 0 Å². The lowest BCUT2D eigenvalue weighted by Gasteiger charge is -2.05. The summed E-state index contributed by atoms with van der Waals surface area (Å²) in [7, 11) is 0. The number of rotatable bonds is 6. The fourth-order valence-electron chi connectivity index (χ4n) is 2.29. The first kappa shape index (κ1) is 13.4. The van der Waals surface area contributed by atoms with Crippen LogP contribution in [-0.4, -0.2) is 16.1 Å². The second-order valence-electron chi connectivity index (χ2n) is 4.50. The van der Waals surface area contributed by atoms with Gasteiger partial charge in [-0.15, -0.1) is 0 Å². The van der Waals surface area contributed by atoms with Crippen LogP contribution < -0.4 is 5.73 Å². The quantitative estimate of drug-likeness (QED) is 0.814. The predicted octanol–water partition coefficient (Wildman–Crippen LogP) is 3.38. The molecule has 3 nitrogen and oxygen atoms in total. The van der Waals surface area contributed by atoms with Gasteiger partial charge in [0.2, 0.25) is 0 Å². The average Bonchev–Trinajstić information content (AvgIpc) is 2.71.